The molecule has 0 radical (unpaired) electrons. The quantitative estimate of drug-likeness (QED) is 0.164. The third-order valence-corrected chi connectivity index (χ3v) is 6.90. The van der Waals surface area contributed by atoms with Crippen LogP contribution >= 0.6 is 23.7 Å². The van der Waals surface area contributed by atoms with E-state index in [1.807, 2.05) is 31.5 Å². The van der Waals surface area contributed by atoms with Crippen LogP contribution in [0.5, 0.6) is 5.75 Å². The van der Waals surface area contributed by atoms with Crippen LogP contribution in [-0.2, 0) is 4.79 Å². The summed E-state index contributed by atoms with van der Waals surface area (Å²) in [7, 11) is 2.01. The molecule has 2 aliphatic rings. The molecule has 1 aliphatic heterocycles. The second-order valence-corrected chi connectivity index (χ2v) is 9.58. The minimum Gasteiger partial charge on any atom is -0.476 e. The van der Waals surface area contributed by atoms with Gasteiger partial charge in [0, 0.05) is 19.6 Å². The molecule has 1 fully saturated rings. The maximum Gasteiger partial charge on any atom is 0.368 e. The van der Waals surface area contributed by atoms with Crippen molar-refractivity contribution in [3.63, 3.8) is 0 Å². The highest BCUT2D eigenvalue weighted by atomic mass is 32.2. The van der Waals surface area contributed by atoms with Crippen molar-refractivity contribution in [3.8, 4) is 5.75 Å². The number of halogens is 1. The summed E-state index contributed by atoms with van der Waals surface area (Å²) in [5.41, 5.74) is 1.09. The van der Waals surface area contributed by atoms with Crippen LogP contribution in [0.1, 0.15) is 44.9 Å². The number of nitrogens with zero attached hydrogens (tertiary/aromatic N) is 2. The Morgan fingerprint density at radius 3 is 2.45 bits per heavy atom. The molecule has 0 unspecified atom stereocenters. The first-order valence-electron chi connectivity index (χ1n) is 10.7. The van der Waals surface area contributed by atoms with Gasteiger partial charge in [-0.2, -0.15) is 4.39 Å². The number of carboxylic acids is 1. The number of ether oxygens (including phenoxy) is 1. The van der Waals surface area contributed by atoms with Crippen LogP contribution in [0, 0.1) is 0 Å². The third kappa shape index (κ3) is 8.43. The predicted octanol–water partition coefficient (Wildman–Crippen LogP) is 6.36. The van der Waals surface area contributed by atoms with Crippen molar-refractivity contribution in [1.82, 2.24) is 4.31 Å². The first-order valence-corrected chi connectivity index (χ1v) is 12.7. The van der Waals surface area contributed by atoms with Gasteiger partial charge in [0.25, 0.3) is 0 Å². The number of aliphatic carboxylic acids is 1. The highest BCUT2D eigenvalue weighted by molar-refractivity contribution is 7.98. The Kier molecular flexibility index (Phi) is 11.3. The summed E-state index contributed by atoms with van der Waals surface area (Å²) in [6, 6.07) is 3.84. The lowest BCUT2D eigenvalue weighted by Gasteiger charge is -2.24. The molecule has 0 aromatic heterocycles. The molecule has 0 bridgehead atoms. The molecule has 31 heavy (non-hydrogen) atoms. The fraction of sp³-hybridized carbons (Fsp3) is 0.522. The number of thioether (sulfide) groups is 1. The number of carbonyl (C=O) groups is 1. The van der Waals surface area contributed by atoms with Crippen molar-refractivity contribution in [1.29, 1.82) is 0 Å². The van der Waals surface area contributed by atoms with Crippen LogP contribution in [0.2, 0.25) is 0 Å². The molecule has 1 aromatic rings. The molecular formula is C23H33FN2O3S2. The van der Waals surface area contributed by atoms with E-state index in [-0.39, 0.29) is 0 Å². The summed E-state index contributed by atoms with van der Waals surface area (Å²) >= 11 is 3.06. The van der Waals surface area contributed by atoms with E-state index in [1.54, 1.807) is 11.9 Å². The van der Waals surface area contributed by atoms with E-state index in [2.05, 4.69) is 15.8 Å². The molecule has 1 N–H and O–H groups in total. The molecule has 1 heterocycles. The average Bonchev–Trinajstić information content (AvgIpc) is 2.94. The van der Waals surface area contributed by atoms with E-state index in [4.69, 9.17) is 9.84 Å². The lowest BCUT2D eigenvalue weighted by atomic mass is 10.0. The number of hydrogen-bond donors (Lipinski definition) is 1. The molecule has 1 aliphatic carbocycles. The van der Waals surface area contributed by atoms with Gasteiger partial charge in [-0.1, -0.05) is 44.6 Å². The summed E-state index contributed by atoms with van der Waals surface area (Å²) in [6.45, 7) is 6.45. The monoisotopic (exact) mass is 468 g/mol. The Labute approximate surface area is 193 Å². The van der Waals surface area contributed by atoms with Gasteiger partial charge in [0.1, 0.15) is 12.0 Å². The average molecular weight is 469 g/mol. The van der Waals surface area contributed by atoms with Crippen molar-refractivity contribution >= 4 is 35.4 Å². The number of hydrogen-bond acceptors (Lipinski definition) is 6. The second-order valence-electron chi connectivity index (χ2n) is 7.49. The number of likely N-dealkylation sites (N-methyl/N-ethyl adjacent to an activating group) is 1. The molecule has 3 rings (SSSR count). The highest BCUT2D eigenvalue weighted by Crippen LogP contribution is 2.42. The standard InChI is InChI=1S/C17H21FN2O3S2.C6H12/c1-4-5-6-20-8-7-19(2)25-15-10-14(16(24-3)9-13(15)20)23-11-12(18)17(21)22;1-2-4-6-5-3-1/h4,9-11H,1,5-8H2,2-3H3,(H,21,22);1-6H2/b12-11-;. The van der Waals surface area contributed by atoms with Crippen molar-refractivity contribution in [3.05, 3.63) is 36.9 Å². The van der Waals surface area contributed by atoms with E-state index in [1.165, 1.54) is 50.3 Å². The Hall–Kier alpha value is -1.64. The minimum absolute atomic E-state index is 0.439. The predicted molar refractivity (Wildman–Crippen MR) is 129 cm³/mol. The maximum absolute atomic E-state index is 13.2. The van der Waals surface area contributed by atoms with Crippen molar-refractivity contribution in [2.75, 3.05) is 37.8 Å². The van der Waals surface area contributed by atoms with E-state index in [0.29, 0.717) is 12.0 Å². The summed E-state index contributed by atoms with van der Waals surface area (Å²) in [5.74, 6) is -2.54. The van der Waals surface area contributed by atoms with Crippen molar-refractivity contribution in [2.45, 2.75) is 54.7 Å². The summed E-state index contributed by atoms with van der Waals surface area (Å²) in [5, 5.41) is 8.61. The molecule has 0 spiro atoms. The van der Waals surface area contributed by atoms with Gasteiger partial charge in [-0.15, -0.1) is 18.3 Å². The molecule has 0 saturated heterocycles. The zero-order valence-corrected chi connectivity index (χ0v) is 20.1. The molecule has 1 saturated carbocycles. The fourth-order valence-electron chi connectivity index (χ4n) is 3.40. The minimum atomic E-state index is -1.65. The molecule has 5 nitrogen and oxygen atoms in total. The molecular weight excluding hydrogens is 435 g/mol. The van der Waals surface area contributed by atoms with Gasteiger partial charge >= 0.3 is 5.97 Å². The van der Waals surface area contributed by atoms with Gasteiger partial charge in [0.15, 0.2) is 0 Å². The number of rotatable bonds is 7. The normalized spacial score (nSPS) is 17.1. The number of benzene rings is 1. The van der Waals surface area contributed by atoms with Gasteiger partial charge < -0.3 is 14.7 Å². The molecule has 172 valence electrons. The van der Waals surface area contributed by atoms with Crippen LogP contribution < -0.4 is 9.64 Å². The van der Waals surface area contributed by atoms with Crippen molar-refractivity contribution < 1.29 is 19.0 Å². The van der Waals surface area contributed by atoms with E-state index >= 15 is 0 Å². The van der Waals surface area contributed by atoms with Crippen LogP contribution in [0.15, 0.2) is 46.7 Å². The van der Waals surface area contributed by atoms with Gasteiger partial charge in [-0.05, 0) is 43.8 Å². The zero-order chi connectivity index (χ0) is 22.6. The number of anilines is 1. The van der Waals surface area contributed by atoms with E-state index in [0.717, 1.165) is 41.5 Å². The Balaban J connectivity index is 0.000000488. The number of carboxylic acid groups (broad SMARTS) is 1. The van der Waals surface area contributed by atoms with Crippen LogP contribution in [0.25, 0.3) is 0 Å². The smallest absolute Gasteiger partial charge is 0.368 e. The van der Waals surface area contributed by atoms with Crippen LogP contribution in [-0.4, -0.2) is 48.3 Å². The maximum atomic E-state index is 13.2. The van der Waals surface area contributed by atoms with Gasteiger partial charge in [0.05, 0.1) is 15.5 Å². The Morgan fingerprint density at radius 1 is 1.26 bits per heavy atom. The first-order chi connectivity index (χ1) is 15.0. The zero-order valence-electron chi connectivity index (χ0n) is 18.4. The summed E-state index contributed by atoms with van der Waals surface area (Å²) in [4.78, 5) is 14.7. The van der Waals surface area contributed by atoms with Crippen LogP contribution in [0.3, 0.4) is 0 Å². The van der Waals surface area contributed by atoms with Gasteiger partial charge in [0.2, 0.25) is 5.83 Å². The summed E-state index contributed by atoms with van der Waals surface area (Å²) in [6.07, 6.45) is 14.3. The highest BCUT2D eigenvalue weighted by Gasteiger charge is 2.21. The largest absolute Gasteiger partial charge is 0.476 e. The second kappa shape index (κ2) is 13.7. The third-order valence-electron chi connectivity index (χ3n) is 5.12. The number of fused-ring (bicyclic) bond motifs is 1. The van der Waals surface area contributed by atoms with Gasteiger partial charge in [-0.3, -0.25) is 0 Å². The Bertz CT molecular complexity index is 758. The van der Waals surface area contributed by atoms with E-state index in [9.17, 15) is 9.18 Å². The summed E-state index contributed by atoms with van der Waals surface area (Å²) < 4.78 is 20.6. The van der Waals surface area contributed by atoms with Gasteiger partial charge in [-0.25, -0.2) is 9.10 Å². The van der Waals surface area contributed by atoms with E-state index < -0.39 is 11.8 Å². The SMILES string of the molecule is C1CCCCC1.C=CCCN1CCN(C)Sc2cc(O/C=C(\F)C(=O)O)c(SC)cc21. The molecule has 0 atom stereocenters. The molecule has 0 amide bonds. The van der Waals surface area contributed by atoms with Crippen molar-refractivity contribution in [2.24, 2.45) is 0 Å². The lowest BCUT2D eigenvalue weighted by molar-refractivity contribution is -0.134. The lowest BCUT2D eigenvalue weighted by Crippen LogP contribution is -2.29. The van der Waals surface area contributed by atoms with Crippen LogP contribution in [0.4, 0.5) is 10.1 Å². The molecule has 1 aromatic carbocycles. The molecule has 8 heteroatoms. The first kappa shape index (κ1) is 25.6. The topological polar surface area (TPSA) is 53.0 Å². The fourth-order valence-corrected chi connectivity index (χ4v) is 4.89. The Morgan fingerprint density at radius 2 is 1.90 bits per heavy atom.